The van der Waals surface area contributed by atoms with Crippen molar-refractivity contribution in [3.63, 3.8) is 0 Å². The van der Waals surface area contributed by atoms with Gasteiger partial charge in [0.05, 0.1) is 24.4 Å². The molecule has 1 heterocycles. The van der Waals surface area contributed by atoms with Crippen LogP contribution in [-0.2, 0) is 16.1 Å². The summed E-state index contributed by atoms with van der Waals surface area (Å²) in [4.78, 5) is 13.6. The molecular formula is C18H22F3N3O2. The van der Waals surface area contributed by atoms with Crippen molar-refractivity contribution in [3.8, 4) is 5.69 Å². The third kappa shape index (κ3) is 5.32. The van der Waals surface area contributed by atoms with Crippen LogP contribution in [0.4, 0.5) is 13.2 Å². The molecule has 2 rings (SSSR count). The van der Waals surface area contributed by atoms with E-state index in [0.29, 0.717) is 6.54 Å². The minimum absolute atomic E-state index is 0.0997. The largest absolute Gasteiger partial charge is 0.411 e. The molecule has 0 aliphatic carbocycles. The number of rotatable bonds is 7. The lowest BCUT2D eigenvalue weighted by Crippen LogP contribution is -2.28. The number of carbonyl (C=O) groups is 1. The Labute approximate surface area is 150 Å². The molecule has 0 N–H and O–H groups in total. The number of carbonyl (C=O) groups excluding carboxylic acids is 1. The minimum Gasteiger partial charge on any atom is -0.372 e. The van der Waals surface area contributed by atoms with Crippen molar-refractivity contribution < 1.29 is 22.7 Å². The van der Waals surface area contributed by atoms with Gasteiger partial charge in [0.2, 0.25) is 5.91 Å². The van der Waals surface area contributed by atoms with Gasteiger partial charge in [-0.15, -0.1) is 0 Å². The normalized spacial score (nSPS) is 11.6. The SMILES string of the molecule is Cc1nn(-c2ccccc2)c(C)c1CN(C)C(=O)CCOCC(F)(F)F. The smallest absolute Gasteiger partial charge is 0.372 e. The minimum atomic E-state index is -4.38. The molecule has 1 amide bonds. The molecule has 0 aliphatic heterocycles. The molecule has 26 heavy (non-hydrogen) atoms. The molecular weight excluding hydrogens is 347 g/mol. The maximum absolute atomic E-state index is 12.1. The Morgan fingerprint density at radius 2 is 1.88 bits per heavy atom. The Bertz CT molecular complexity index is 742. The molecule has 2 aromatic rings. The van der Waals surface area contributed by atoms with E-state index in [-0.39, 0.29) is 18.9 Å². The van der Waals surface area contributed by atoms with Crippen LogP contribution in [0.5, 0.6) is 0 Å². The van der Waals surface area contributed by atoms with E-state index in [2.05, 4.69) is 9.84 Å². The molecule has 5 nitrogen and oxygen atoms in total. The highest BCUT2D eigenvalue weighted by Gasteiger charge is 2.27. The van der Waals surface area contributed by atoms with Crippen LogP contribution in [0.3, 0.4) is 0 Å². The van der Waals surface area contributed by atoms with Crippen LogP contribution in [0.1, 0.15) is 23.4 Å². The van der Waals surface area contributed by atoms with Gasteiger partial charge in [0, 0.05) is 24.8 Å². The monoisotopic (exact) mass is 369 g/mol. The third-order valence-corrected chi connectivity index (χ3v) is 3.99. The quantitative estimate of drug-likeness (QED) is 0.703. The highest BCUT2D eigenvalue weighted by atomic mass is 19.4. The predicted molar refractivity (Wildman–Crippen MR) is 91.0 cm³/mol. The van der Waals surface area contributed by atoms with Crippen LogP contribution < -0.4 is 0 Å². The van der Waals surface area contributed by atoms with Crippen molar-refractivity contribution >= 4 is 5.91 Å². The van der Waals surface area contributed by atoms with Gasteiger partial charge in [-0.2, -0.15) is 18.3 Å². The fourth-order valence-corrected chi connectivity index (χ4v) is 2.59. The molecule has 0 aliphatic rings. The van der Waals surface area contributed by atoms with Crippen LogP contribution in [0, 0.1) is 13.8 Å². The first-order chi connectivity index (χ1) is 12.2. The van der Waals surface area contributed by atoms with Crippen LogP contribution in [0.15, 0.2) is 30.3 Å². The van der Waals surface area contributed by atoms with Gasteiger partial charge in [-0.3, -0.25) is 4.79 Å². The molecule has 0 atom stereocenters. The molecule has 0 spiro atoms. The van der Waals surface area contributed by atoms with Crippen molar-refractivity contribution in [2.45, 2.75) is 33.0 Å². The molecule has 0 fully saturated rings. The van der Waals surface area contributed by atoms with Crippen LogP contribution in [0.25, 0.3) is 5.69 Å². The van der Waals surface area contributed by atoms with Crippen molar-refractivity contribution in [3.05, 3.63) is 47.3 Å². The van der Waals surface area contributed by atoms with E-state index < -0.39 is 12.8 Å². The Kier molecular flexibility index (Phi) is 6.42. The van der Waals surface area contributed by atoms with Crippen molar-refractivity contribution in [1.29, 1.82) is 0 Å². The molecule has 142 valence electrons. The van der Waals surface area contributed by atoms with Crippen LogP contribution >= 0.6 is 0 Å². The maximum atomic E-state index is 12.1. The van der Waals surface area contributed by atoms with Gasteiger partial charge in [0.1, 0.15) is 6.61 Å². The highest BCUT2D eigenvalue weighted by molar-refractivity contribution is 5.76. The Morgan fingerprint density at radius 3 is 2.50 bits per heavy atom. The number of hydrogen-bond donors (Lipinski definition) is 0. The third-order valence-electron chi connectivity index (χ3n) is 3.99. The molecule has 0 radical (unpaired) electrons. The standard InChI is InChI=1S/C18H22F3N3O2/c1-13-16(14(2)24(22-13)15-7-5-4-6-8-15)11-23(3)17(25)9-10-26-12-18(19,20)21/h4-8H,9-12H2,1-3H3. The molecule has 1 aromatic carbocycles. The van der Waals surface area contributed by atoms with Crippen LogP contribution in [0.2, 0.25) is 0 Å². The second-order valence-electron chi connectivity index (χ2n) is 6.06. The highest BCUT2D eigenvalue weighted by Crippen LogP contribution is 2.19. The van der Waals surface area contributed by atoms with Gasteiger partial charge in [0.15, 0.2) is 0 Å². The summed E-state index contributed by atoms with van der Waals surface area (Å²) in [6, 6.07) is 9.64. The van der Waals surface area contributed by atoms with Crippen LogP contribution in [-0.4, -0.2) is 47.0 Å². The number of nitrogens with zero attached hydrogens (tertiary/aromatic N) is 3. The summed E-state index contributed by atoms with van der Waals surface area (Å²) in [5.74, 6) is -0.279. The zero-order chi connectivity index (χ0) is 19.3. The van der Waals surface area contributed by atoms with Gasteiger partial charge < -0.3 is 9.64 Å². The van der Waals surface area contributed by atoms with E-state index in [0.717, 1.165) is 22.6 Å². The summed E-state index contributed by atoms with van der Waals surface area (Å²) in [5, 5.41) is 4.52. The van der Waals surface area contributed by atoms with Crippen molar-refractivity contribution in [2.24, 2.45) is 0 Å². The Hall–Kier alpha value is -2.35. The molecule has 0 saturated carbocycles. The first-order valence-corrected chi connectivity index (χ1v) is 8.18. The number of para-hydroxylation sites is 1. The van der Waals surface area contributed by atoms with E-state index in [1.165, 1.54) is 4.90 Å². The Balaban J connectivity index is 1.97. The van der Waals surface area contributed by atoms with Gasteiger partial charge in [0.25, 0.3) is 0 Å². The number of hydrogen-bond acceptors (Lipinski definition) is 3. The van der Waals surface area contributed by atoms with E-state index in [1.54, 1.807) is 7.05 Å². The molecule has 0 bridgehead atoms. The number of aromatic nitrogens is 2. The average Bonchev–Trinajstić information content (AvgIpc) is 2.86. The number of halogens is 3. The van der Waals surface area contributed by atoms with E-state index in [1.807, 2.05) is 48.9 Å². The summed E-state index contributed by atoms with van der Waals surface area (Å²) in [5.41, 5.74) is 3.57. The summed E-state index contributed by atoms with van der Waals surface area (Å²) in [6.45, 7) is 2.53. The van der Waals surface area contributed by atoms with E-state index in [9.17, 15) is 18.0 Å². The lowest BCUT2D eigenvalue weighted by molar-refractivity contribution is -0.175. The molecule has 0 unspecified atom stereocenters. The number of amides is 1. The zero-order valence-electron chi connectivity index (χ0n) is 15.0. The van der Waals surface area contributed by atoms with Crippen molar-refractivity contribution in [1.82, 2.24) is 14.7 Å². The van der Waals surface area contributed by atoms with Gasteiger partial charge in [-0.25, -0.2) is 4.68 Å². The van der Waals surface area contributed by atoms with Crippen molar-refractivity contribution in [2.75, 3.05) is 20.3 Å². The number of alkyl halides is 3. The predicted octanol–water partition coefficient (Wildman–Crippen LogP) is 3.42. The second kappa shape index (κ2) is 8.35. The summed E-state index contributed by atoms with van der Waals surface area (Å²) >= 11 is 0. The summed E-state index contributed by atoms with van der Waals surface area (Å²) in [7, 11) is 1.62. The number of ether oxygens (including phenoxy) is 1. The maximum Gasteiger partial charge on any atom is 0.411 e. The van der Waals surface area contributed by atoms with Gasteiger partial charge in [-0.05, 0) is 26.0 Å². The molecule has 0 saturated heterocycles. The Morgan fingerprint density at radius 1 is 1.23 bits per heavy atom. The molecule has 1 aromatic heterocycles. The molecule has 8 heteroatoms. The number of aryl methyl sites for hydroxylation is 1. The van der Waals surface area contributed by atoms with E-state index in [4.69, 9.17) is 0 Å². The first kappa shape index (κ1) is 20.0. The number of benzene rings is 1. The topological polar surface area (TPSA) is 47.4 Å². The van der Waals surface area contributed by atoms with E-state index >= 15 is 0 Å². The fourth-order valence-electron chi connectivity index (χ4n) is 2.59. The lowest BCUT2D eigenvalue weighted by atomic mass is 10.2. The lowest BCUT2D eigenvalue weighted by Gasteiger charge is -2.18. The zero-order valence-corrected chi connectivity index (χ0v) is 15.0. The average molecular weight is 369 g/mol. The fraction of sp³-hybridized carbons (Fsp3) is 0.444. The summed E-state index contributed by atoms with van der Waals surface area (Å²) < 4.78 is 42.4. The second-order valence-corrected chi connectivity index (χ2v) is 6.06. The van der Waals surface area contributed by atoms with Gasteiger partial charge >= 0.3 is 6.18 Å². The first-order valence-electron chi connectivity index (χ1n) is 8.18. The van der Waals surface area contributed by atoms with Gasteiger partial charge in [-0.1, -0.05) is 18.2 Å². The summed E-state index contributed by atoms with van der Waals surface area (Å²) in [6.07, 6.45) is -4.48.